The molecule has 0 saturated carbocycles. The van der Waals surface area contributed by atoms with Crippen LogP contribution in [0.25, 0.3) is 0 Å². The predicted octanol–water partition coefficient (Wildman–Crippen LogP) is 2.38. The molecule has 8 heteroatoms. The number of nitrogens with zero attached hydrogens (tertiary/aromatic N) is 1. The second-order valence-corrected chi connectivity index (χ2v) is 5.70. The molecule has 0 amide bonds. The molecular formula is C11H8ClFN2O3S. The molecule has 2 aromatic rings. The van der Waals surface area contributed by atoms with Crippen LogP contribution >= 0.6 is 11.6 Å². The lowest BCUT2D eigenvalue weighted by molar-refractivity contribution is 0.476. The highest BCUT2D eigenvalue weighted by atomic mass is 35.5. The van der Waals surface area contributed by atoms with Crippen molar-refractivity contribution in [1.29, 1.82) is 0 Å². The number of aromatic hydroxyl groups is 1. The molecule has 1 aromatic carbocycles. The third kappa shape index (κ3) is 3.12. The van der Waals surface area contributed by atoms with Crippen LogP contribution in [0.1, 0.15) is 0 Å². The first-order valence-electron chi connectivity index (χ1n) is 5.00. The van der Waals surface area contributed by atoms with Gasteiger partial charge in [0.15, 0.2) is 0 Å². The molecule has 0 aliphatic rings. The van der Waals surface area contributed by atoms with E-state index in [0.717, 1.165) is 24.5 Å². The van der Waals surface area contributed by atoms with E-state index in [2.05, 4.69) is 9.71 Å². The van der Waals surface area contributed by atoms with E-state index in [0.29, 0.717) is 0 Å². The van der Waals surface area contributed by atoms with Crippen LogP contribution in [0.3, 0.4) is 0 Å². The van der Waals surface area contributed by atoms with E-state index in [9.17, 15) is 17.9 Å². The lowest BCUT2D eigenvalue weighted by atomic mass is 10.3. The van der Waals surface area contributed by atoms with Crippen LogP contribution in [0.4, 0.5) is 10.1 Å². The second kappa shape index (κ2) is 5.02. The Hall–Kier alpha value is -1.86. The summed E-state index contributed by atoms with van der Waals surface area (Å²) in [6, 6.07) is 4.68. The van der Waals surface area contributed by atoms with Crippen molar-refractivity contribution in [2.75, 3.05) is 4.72 Å². The van der Waals surface area contributed by atoms with Gasteiger partial charge < -0.3 is 5.11 Å². The number of nitrogens with one attached hydrogen (secondary N) is 1. The highest BCUT2D eigenvalue weighted by Crippen LogP contribution is 2.27. The first kappa shape index (κ1) is 13.6. The first-order chi connectivity index (χ1) is 8.88. The maximum absolute atomic E-state index is 12.9. The average Bonchev–Trinajstić information content (AvgIpc) is 2.33. The minimum atomic E-state index is -3.97. The maximum atomic E-state index is 12.9. The number of hydrogen-bond donors (Lipinski definition) is 2. The largest absolute Gasteiger partial charge is 0.506 e. The fourth-order valence-electron chi connectivity index (χ4n) is 1.33. The fraction of sp³-hybridized carbons (Fsp3) is 0. The van der Waals surface area contributed by atoms with Gasteiger partial charge in [-0.1, -0.05) is 11.6 Å². The van der Waals surface area contributed by atoms with Gasteiger partial charge in [0.25, 0.3) is 10.0 Å². The number of sulfonamides is 1. The van der Waals surface area contributed by atoms with Crippen molar-refractivity contribution in [3.63, 3.8) is 0 Å². The zero-order chi connectivity index (χ0) is 14.0. The van der Waals surface area contributed by atoms with E-state index >= 15 is 0 Å². The zero-order valence-electron chi connectivity index (χ0n) is 9.34. The standard InChI is InChI=1S/C11H8ClFN2O3S/c12-10-2-1-8(4-11(10)16)15-19(17,18)9-3-7(13)5-14-6-9/h1-6,15-16H. The molecule has 0 saturated heterocycles. The lowest BCUT2D eigenvalue weighted by Gasteiger charge is -2.08. The molecule has 0 fully saturated rings. The molecule has 0 bridgehead atoms. The molecule has 0 radical (unpaired) electrons. The number of aromatic nitrogens is 1. The highest BCUT2D eigenvalue weighted by molar-refractivity contribution is 7.92. The third-order valence-corrected chi connectivity index (χ3v) is 3.86. The van der Waals surface area contributed by atoms with Crippen LogP contribution in [-0.2, 0) is 10.0 Å². The third-order valence-electron chi connectivity index (χ3n) is 2.19. The number of benzene rings is 1. The van der Waals surface area contributed by atoms with E-state index in [1.54, 1.807) is 0 Å². The molecule has 1 aromatic heterocycles. The Kier molecular flexibility index (Phi) is 3.59. The molecule has 0 aliphatic heterocycles. The van der Waals surface area contributed by atoms with Gasteiger partial charge >= 0.3 is 0 Å². The molecular weight excluding hydrogens is 295 g/mol. The van der Waals surface area contributed by atoms with Gasteiger partial charge in [0.05, 0.1) is 16.9 Å². The molecule has 1 heterocycles. The Balaban J connectivity index is 2.33. The molecule has 2 rings (SSSR count). The number of rotatable bonds is 3. The summed E-state index contributed by atoms with van der Waals surface area (Å²) in [4.78, 5) is 3.14. The summed E-state index contributed by atoms with van der Waals surface area (Å²) in [6.45, 7) is 0. The van der Waals surface area contributed by atoms with Gasteiger partial charge in [-0.25, -0.2) is 12.8 Å². The van der Waals surface area contributed by atoms with E-state index in [4.69, 9.17) is 11.6 Å². The van der Waals surface area contributed by atoms with Gasteiger partial charge in [0.1, 0.15) is 16.5 Å². The van der Waals surface area contributed by atoms with Crippen LogP contribution in [0.15, 0.2) is 41.6 Å². The lowest BCUT2D eigenvalue weighted by Crippen LogP contribution is -2.13. The topological polar surface area (TPSA) is 79.3 Å². The monoisotopic (exact) mass is 302 g/mol. The van der Waals surface area contributed by atoms with Gasteiger partial charge in [0, 0.05) is 12.3 Å². The molecule has 2 N–H and O–H groups in total. The van der Waals surface area contributed by atoms with Crippen molar-refractivity contribution in [3.8, 4) is 5.75 Å². The fourth-order valence-corrected chi connectivity index (χ4v) is 2.47. The molecule has 19 heavy (non-hydrogen) atoms. The summed E-state index contributed by atoms with van der Waals surface area (Å²) in [5.41, 5.74) is 0.103. The van der Waals surface area contributed by atoms with Crippen LogP contribution in [0.5, 0.6) is 5.75 Å². The summed E-state index contributed by atoms with van der Waals surface area (Å²) < 4.78 is 39.0. The smallest absolute Gasteiger partial charge is 0.263 e. The van der Waals surface area contributed by atoms with Crippen molar-refractivity contribution < 1.29 is 17.9 Å². The van der Waals surface area contributed by atoms with Crippen molar-refractivity contribution >= 4 is 27.3 Å². The molecule has 0 atom stereocenters. The summed E-state index contributed by atoms with van der Waals surface area (Å²) >= 11 is 5.60. The van der Waals surface area contributed by atoms with E-state index in [1.165, 1.54) is 12.1 Å². The summed E-state index contributed by atoms with van der Waals surface area (Å²) in [6.07, 6.45) is 1.91. The van der Waals surface area contributed by atoms with Gasteiger partial charge in [-0.05, 0) is 18.2 Å². The Morgan fingerprint density at radius 1 is 1.26 bits per heavy atom. The van der Waals surface area contributed by atoms with Gasteiger partial charge in [-0.3, -0.25) is 9.71 Å². The molecule has 5 nitrogen and oxygen atoms in total. The van der Waals surface area contributed by atoms with Gasteiger partial charge in [-0.2, -0.15) is 0 Å². The van der Waals surface area contributed by atoms with Crippen molar-refractivity contribution in [2.24, 2.45) is 0 Å². The normalized spacial score (nSPS) is 11.3. The van der Waals surface area contributed by atoms with Crippen molar-refractivity contribution in [1.82, 2.24) is 4.98 Å². The Labute approximate surface area is 113 Å². The molecule has 100 valence electrons. The van der Waals surface area contributed by atoms with Crippen molar-refractivity contribution in [2.45, 2.75) is 4.90 Å². The Bertz CT molecular complexity index is 722. The zero-order valence-corrected chi connectivity index (χ0v) is 10.9. The van der Waals surface area contributed by atoms with Crippen LogP contribution in [0.2, 0.25) is 5.02 Å². The number of halogens is 2. The van der Waals surface area contributed by atoms with Gasteiger partial charge in [0.2, 0.25) is 0 Å². The van der Waals surface area contributed by atoms with E-state index in [1.807, 2.05) is 0 Å². The van der Waals surface area contributed by atoms with E-state index < -0.39 is 15.8 Å². The first-order valence-corrected chi connectivity index (χ1v) is 6.86. The van der Waals surface area contributed by atoms with Crippen LogP contribution < -0.4 is 4.72 Å². The highest BCUT2D eigenvalue weighted by Gasteiger charge is 2.16. The average molecular weight is 303 g/mol. The summed E-state index contributed by atoms with van der Waals surface area (Å²) in [5.74, 6) is -1.03. The number of pyridine rings is 1. The summed E-state index contributed by atoms with van der Waals surface area (Å²) in [5, 5.41) is 9.47. The molecule has 0 spiro atoms. The molecule has 0 unspecified atom stereocenters. The Morgan fingerprint density at radius 2 is 2.00 bits per heavy atom. The van der Waals surface area contributed by atoms with Crippen LogP contribution in [0, 0.1) is 5.82 Å². The molecule has 0 aliphatic carbocycles. The van der Waals surface area contributed by atoms with Gasteiger partial charge in [-0.15, -0.1) is 0 Å². The predicted molar refractivity (Wildman–Crippen MR) is 68.1 cm³/mol. The SMILES string of the molecule is O=S(=O)(Nc1ccc(Cl)c(O)c1)c1cncc(F)c1. The maximum Gasteiger partial charge on any atom is 0.263 e. The number of anilines is 1. The number of phenols is 1. The Morgan fingerprint density at radius 3 is 2.63 bits per heavy atom. The minimum absolute atomic E-state index is 0.0929. The van der Waals surface area contributed by atoms with Crippen LogP contribution in [-0.4, -0.2) is 18.5 Å². The second-order valence-electron chi connectivity index (χ2n) is 3.61. The van der Waals surface area contributed by atoms with E-state index in [-0.39, 0.29) is 21.4 Å². The number of phenolic OH excluding ortho intramolecular Hbond substituents is 1. The quantitative estimate of drug-likeness (QED) is 0.912. The summed E-state index contributed by atoms with van der Waals surface area (Å²) in [7, 11) is -3.97. The number of hydrogen-bond acceptors (Lipinski definition) is 4. The minimum Gasteiger partial charge on any atom is -0.506 e. The van der Waals surface area contributed by atoms with Crippen molar-refractivity contribution in [3.05, 3.63) is 47.5 Å².